The number of benzene rings is 1. The average Bonchev–Trinajstić information content (AvgIpc) is 2.61. The van der Waals surface area contributed by atoms with Crippen LogP contribution in [0.4, 0.5) is 0 Å². The third-order valence-electron chi connectivity index (χ3n) is 4.59. The van der Waals surface area contributed by atoms with Gasteiger partial charge in [0, 0.05) is 32.7 Å². The van der Waals surface area contributed by atoms with Crippen LogP contribution in [0.15, 0.2) is 23.2 Å². The van der Waals surface area contributed by atoms with Crippen molar-refractivity contribution < 1.29 is 4.74 Å². The van der Waals surface area contributed by atoms with Crippen LogP contribution in [-0.2, 0) is 11.2 Å². The van der Waals surface area contributed by atoms with Gasteiger partial charge in [-0.3, -0.25) is 9.89 Å². The lowest BCUT2D eigenvalue weighted by Gasteiger charge is -2.26. The van der Waals surface area contributed by atoms with Crippen LogP contribution in [-0.4, -0.2) is 63.3 Å². The van der Waals surface area contributed by atoms with E-state index in [1.165, 1.54) is 23.1 Å². The first-order valence-corrected chi connectivity index (χ1v) is 10.1. The van der Waals surface area contributed by atoms with E-state index in [9.17, 15) is 0 Å². The first-order valence-electron chi connectivity index (χ1n) is 10.1. The number of morpholine rings is 1. The SMILES string of the molecule is CCNC(=NCCCCN1CCOCC1)NCCc1cc(C)cc(C)c1. The van der Waals surface area contributed by atoms with Crippen LogP contribution in [0.2, 0.25) is 0 Å². The molecule has 0 bridgehead atoms. The van der Waals surface area contributed by atoms with Gasteiger partial charge in [-0.1, -0.05) is 29.3 Å². The van der Waals surface area contributed by atoms with Crippen molar-refractivity contribution in [2.45, 2.75) is 40.0 Å². The van der Waals surface area contributed by atoms with Crippen LogP contribution in [0.25, 0.3) is 0 Å². The lowest BCUT2D eigenvalue weighted by atomic mass is 10.1. The Kier molecular flexibility index (Phi) is 9.50. The first-order chi connectivity index (χ1) is 12.7. The molecule has 0 spiro atoms. The molecule has 1 saturated heterocycles. The summed E-state index contributed by atoms with van der Waals surface area (Å²) in [5.74, 6) is 0.934. The van der Waals surface area contributed by atoms with Gasteiger partial charge in [-0.15, -0.1) is 0 Å². The van der Waals surface area contributed by atoms with Crippen LogP contribution in [0.1, 0.15) is 36.5 Å². The summed E-state index contributed by atoms with van der Waals surface area (Å²) >= 11 is 0. The second kappa shape index (κ2) is 11.9. The summed E-state index contributed by atoms with van der Waals surface area (Å²) < 4.78 is 5.39. The molecule has 0 aliphatic carbocycles. The maximum atomic E-state index is 5.39. The number of aliphatic imine (C=N–C) groups is 1. The van der Waals surface area contributed by atoms with E-state index in [1.807, 2.05) is 0 Å². The fourth-order valence-corrected chi connectivity index (χ4v) is 3.34. The molecule has 2 N–H and O–H groups in total. The fraction of sp³-hybridized carbons (Fsp3) is 0.667. The second-order valence-electron chi connectivity index (χ2n) is 7.09. The number of unbranched alkanes of at least 4 members (excludes halogenated alkanes) is 1. The van der Waals surface area contributed by atoms with Crippen molar-refractivity contribution in [1.29, 1.82) is 0 Å². The van der Waals surface area contributed by atoms with Gasteiger partial charge in [0.1, 0.15) is 0 Å². The average molecular weight is 361 g/mol. The number of nitrogens with one attached hydrogen (secondary N) is 2. The summed E-state index contributed by atoms with van der Waals surface area (Å²) in [6.07, 6.45) is 3.35. The number of aryl methyl sites for hydroxylation is 2. The number of hydrogen-bond acceptors (Lipinski definition) is 3. The minimum Gasteiger partial charge on any atom is -0.379 e. The lowest BCUT2D eigenvalue weighted by Crippen LogP contribution is -2.38. The van der Waals surface area contributed by atoms with E-state index in [1.54, 1.807) is 0 Å². The van der Waals surface area contributed by atoms with Crippen molar-refractivity contribution in [2.75, 3.05) is 52.5 Å². The molecule has 0 aromatic heterocycles. The molecular weight excluding hydrogens is 324 g/mol. The van der Waals surface area contributed by atoms with Crippen molar-refractivity contribution >= 4 is 5.96 Å². The molecule has 146 valence electrons. The van der Waals surface area contributed by atoms with E-state index in [0.717, 1.165) is 71.3 Å². The van der Waals surface area contributed by atoms with E-state index in [-0.39, 0.29) is 0 Å². The Morgan fingerprint density at radius 1 is 1.08 bits per heavy atom. The van der Waals surface area contributed by atoms with Gasteiger partial charge in [0.2, 0.25) is 0 Å². The van der Waals surface area contributed by atoms with Crippen LogP contribution in [0, 0.1) is 13.8 Å². The molecule has 0 radical (unpaired) electrons. The van der Waals surface area contributed by atoms with Crippen molar-refractivity contribution in [3.05, 3.63) is 34.9 Å². The molecular formula is C21H36N4O. The van der Waals surface area contributed by atoms with Gasteiger partial charge in [0.05, 0.1) is 13.2 Å². The predicted molar refractivity (Wildman–Crippen MR) is 110 cm³/mol. The summed E-state index contributed by atoms with van der Waals surface area (Å²) in [4.78, 5) is 7.20. The monoisotopic (exact) mass is 360 g/mol. The van der Waals surface area contributed by atoms with Gasteiger partial charge < -0.3 is 15.4 Å². The zero-order chi connectivity index (χ0) is 18.6. The predicted octanol–water partition coefficient (Wildman–Crippen LogP) is 2.51. The Morgan fingerprint density at radius 3 is 2.50 bits per heavy atom. The Morgan fingerprint density at radius 2 is 1.81 bits per heavy atom. The molecule has 1 aliphatic rings. The third-order valence-corrected chi connectivity index (χ3v) is 4.59. The van der Waals surface area contributed by atoms with E-state index in [0.29, 0.717) is 0 Å². The fourth-order valence-electron chi connectivity index (χ4n) is 3.34. The van der Waals surface area contributed by atoms with Crippen LogP contribution < -0.4 is 10.6 Å². The van der Waals surface area contributed by atoms with Crippen molar-refractivity contribution in [3.63, 3.8) is 0 Å². The molecule has 0 unspecified atom stereocenters. The quantitative estimate of drug-likeness (QED) is 0.404. The van der Waals surface area contributed by atoms with E-state index in [2.05, 4.69) is 54.5 Å². The minimum atomic E-state index is 0.878. The zero-order valence-electron chi connectivity index (χ0n) is 16.8. The van der Waals surface area contributed by atoms with Gasteiger partial charge in [-0.05, 0) is 52.1 Å². The molecule has 0 amide bonds. The van der Waals surface area contributed by atoms with Gasteiger partial charge in [-0.25, -0.2) is 0 Å². The summed E-state index contributed by atoms with van der Waals surface area (Å²) in [5.41, 5.74) is 4.05. The van der Waals surface area contributed by atoms with E-state index < -0.39 is 0 Å². The summed E-state index contributed by atoms with van der Waals surface area (Å²) in [5, 5.41) is 6.80. The standard InChI is InChI=1S/C21H36N4O/c1-4-22-21(23-8-5-6-10-25-11-13-26-14-12-25)24-9-7-20-16-18(2)15-19(3)17-20/h15-17H,4-14H2,1-3H3,(H2,22,23,24). The third kappa shape index (κ3) is 8.19. The molecule has 1 aromatic rings. The largest absolute Gasteiger partial charge is 0.379 e. The molecule has 1 fully saturated rings. The number of guanidine groups is 1. The van der Waals surface area contributed by atoms with Crippen molar-refractivity contribution in [1.82, 2.24) is 15.5 Å². The normalized spacial score (nSPS) is 15.9. The minimum absolute atomic E-state index is 0.878. The summed E-state index contributed by atoms with van der Waals surface area (Å²) in [6.45, 7) is 14.2. The highest BCUT2D eigenvalue weighted by Crippen LogP contribution is 2.09. The first kappa shape index (κ1) is 20.7. The highest BCUT2D eigenvalue weighted by atomic mass is 16.5. The molecule has 5 nitrogen and oxygen atoms in total. The molecule has 0 atom stereocenters. The van der Waals surface area contributed by atoms with Gasteiger partial charge in [0.15, 0.2) is 5.96 Å². The lowest BCUT2D eigenvalue weighted by molar-refractivity contribution is 0.0373. The number of rotatable bonds is 9. The molecule has 26 heavy (non-hydrogen) atoms. The summed E-state index contributed by atoms with van der Waals surface area (Å²) in [6, 6.07) is 6.76. The zero-order valence-corrected chi connectivity index (χ0v) is 16.8. The molecule has 1 heterocycles. The molecule has 0 saturated carbocycles. The van der Waals surface area contributed by atoms with Crippen molar-refractivity contribution in [3.8, 4) is 0 Å². The molecule has 1 aliphatic heterocycles. The van der Waals surface area contributed by atoms with Crippen molar-refractivity contribution in [2.24, 2.45) is 4.99 Å². The molecule has 2 rings (SSSR count). The second-order valence-corrected chi connectivity index (χ2v) is 7.09. The van der Waals surface area contributed by atoms with Gasteiger partial charge >= 0.3 is 0 Å². The van der Waals surface area contributed by atoms with E-state index >= 15 is 0 Å². The van der Waals surface area contributed by atoms with E-state index in [4.69, 9.17) is 9.73 Å². The Bertz CT molecular complexity index is 533. The molecule has 1 aromatic carbocycles. The number of hydrogen-bond donors (Lipinski definition) is 2. The maximum Gasteiger partial charge on any atom is 0.191 e. The number of ether oxygens (including phenoxy) is 1. The Hall–Kier alpha value is -1.59. The van der Waals surface area contributed by atoms with Crippen LogP contribution in [0.3, 0.4) is 0 Å². The maximum absolute atomic E-state index is 5.39. The summed E-state index contributed by atoms with van der Waals surface area (Å²) in [7, 11) is 0. The molecule has 5 heteroatoms. The van der Waals surface area contributed by atoms with Gasteiger partial charge in [-0.2, -0.15) is 0 Å². The van der Waals surface area contributed by atoms with Gasteiger partial charge in [0.25, 0.3) is 0 Å². The highest BCUT2D eigenvalue weighted by Gasteiger charge is 2.08. The smallest absolute Gasteiger partial charge is 0.191 e. The van der Waals surface area contributed by atoms with Crippen LogP contribution >= 0.6 is 0 Å². The highest BCUT2D eigenvalue weighted by molar-refractivity contribution is 5.79. The Labute approximate surface area is 159 Å². The topological polar surface area (TPSA) is 48.9 Å². The van der Waals surface area contributed by atoms with Crippen LogP contribution in [0.5, 0.6) is 0 Å². The number of nitrogens with zero attached hydrogens (tertiary/aromatic N) is 2. The Balaban J connectivity index is 1.66.